The van der Waals surface area contributed by atoms with E-state index in [1.165, 1.54) is 72.8 Å². The van der Waals surface area contributed by atoms with Crippen molar-refractivity contribution in [2.75, 3.05) is 0 Å². The topological polar surface area (TPSA) is 181 Å². The molecule has 11 heteroatoms. The molecule has 0 aliphatic rings. The minimum atomic E-state index is -1.18. The Morgan fingerprint density at radius 3 is 0.812 bits per heavy atom. The fraction of sp³-hybridized carbons (Fsp3) is 0. The minimum absolute atomic E-state index is 0. The van der Waals surface area contributed by atoms with Gasteiger partial charge in [0.15, 0.2) is 0 Å². The molecular formula is C21H15CaNaO9. The molecule has 32 heavy (non-hydrogen) atoms. The molecule has 0 amide bonds. The first-order valence-electron chi connectivity index (χ1n) is 8.13. The van der Waals surface area contributed by atoms with Crippen LogP contribution >= 0.6 is 0 Å². The average molecular weight is 474 g/mol. The third kappa shape index (κ3) is 10.9. The van der Waals surface area contributed by atoms with Crippen LogP contribution in [-0.2, 0) is 0 Å². The van der Waals surface area contributed by atoms with Gasteiger partial charge in [-0.25, -0.2) is 14.4 Å². The van der Waals surface area contributed by atoms with Gasteiger partial charge < -0.3 is 30.6 Å². The molecule has 0 aliphatic carbocycles. The second-order valence-electron chi connectivity index (χ2n) is 5.40. The molecule has 0 fully saturated rings. The SMILES string of the molecule is O=C(O)c1ccccc1[O-].O=C(O)c1ccccc1[O-].O=C(O)c1ccccc1[O-].[Ca+2].[Na+]. The summed E-state index contributed by atoms with van der Waals surface area (Å²) in [5.74, 6) is -4.87. The predicted molar refractivity (Wildman–Crippen MR) is 104 cm³/mol. The Balaban J connectivity index is 0. The van der Waals surface area contributed by atoms with Crippen LogP contribution in [0.2, 0.25) is 0 Å². The van der Waals surface area contributed by atoms with Crippen molar-refractivity contribution in [1.29, 1.82) is 0 Å². The Hall–Kier alpha value is -2.27. The number of para-hydroxylation sites is 3. The molecule has 3 N–H and O–H groups in total. The largest absolute Gasteiger partial charge is 2.00 e. The van der Waals surface area contributed by atoms with Crippen molar-refractivity contribution >= 4 is 55.6 Å². The molecule has 9 nitrogen and oxygen atoms in total. The first kappa shape index (κ1) is 31.9. The third-order valence-electron chi connectivity index (χ3n) is 3.35. The van der Waals surface area contributed by atoms with Gasteiger partial charge in [0.2, 0.25) is 0 Å². The Bertz CT molecular complexity index is 909. The van der Waals surface area contributed by atoms with Crippen molar-refractivity contribution in [2.45, 2.75) is 0 Å². The summed E-state index contributed by atoms with van der Waals surface area (Å²) < 4.78 is 0. The number of carboxylic acids is 3. The first-order chi connectivity index (χ1) is 14.1. The molecule has 3 aromatic rings. The molecule has 0 aliphatic heterocycles. The van der Waals surface area contributed by atoms with E-state index in [4.69, 9.17) is 15.3 Å². The summed E-state index contributed by atoms with van der Waals surface area (Å²) in [5.41, 5.74) is -0.535. The second-order valence-corrected chi connectivity index (χ2v) is 5.40. The van der Waals surface area contributed by atoms with Crippen molar-refractivity contribution < 1.29 is 74.6 Å². The van der Waals surface area contributed by atoms with E-state index in [0.29, 0.717) is 0 Å². The molecule has 0 saturated heterocycles. The van der Waals surface area contributed by atoms with Crippen LogP contribution in [-0.4, -0.2) is 71.0 Å². The molecule has 0 atom stereocenters. The van der Waals surface area contributed by atoms with Gasteiger partial charge in [-0.1, -0.05) is 71.8 Å². The van der Waals surface area contributed by atoms with Gasteiger partial charge in [-0.05, 0) is 18.2 Å². The zero-order valence-corrected chi connectivity index (χ0v) is 21.1. The number of rotatable bonds is 3. The van der Waals surface area contributed by atoms with E-state index < -0.39 is 35.2 Å². The molecule has 0 saturated carbocycles. The summed E-state index contributed by atoms with van der Waals surface area (Å²) in [7, 11) is 0. The summed E-state index contributed by atoms with van der Waals surface area (Å²) in [6, 6.07) is 16.6. The van der Waals surface area contributed by atoms with E-state index in [-0.39, 0.29) is 84.0 Å². The van der Waals surface area contributed by atoms with Crippen molar-refractivity contribution in [2.24, 2.45) is 0 Å². The fourth-order valence-electron chi connectivity index (χ4n) is 1.93. The van der Waals surface area contributed by atoms with Crippen LogP contribution in [0.15, 0.2) is 72.8 Å². The van der Waals surface area contributed by atoms with Gasteiger partial charge in [-0.3, -0.25) is 0 Å². The van der Waals surface area contributed by atoms with Crippen LogP contribution in [0, 0.1) is 0 Å². The standard InChI is InChI=1S/3C7H6O3.Ca.Na/c3*8-6-4-2-1-3-5(6)7(9)10;;/h3*1-4,8H,(H,9,10);;/q;;;+2;+1/p-3. The van der Waals surface area contributed by atoms with Crippen LogP contribution in [0.1, 0.15) is 31.1 Å². The number of carboxylic acid groups (broad SMARTS) is 3. The Kier molecular flexibility index (Phi) is 16.3. The van der Waals surface area contributed by atoms with E-state index in [2.05, 4.69) is 0 Å². The smallest absolute Gasteiger partial charge is 0.872 e. The van der Waals surface area contributed by atoms with Crippen LogP contribution in [0.25, 0.3) is 0 Å². The van der Waals surface area contributed by atoms with Crippen LogP contribution in [0.3, 0.4) is 0 Å². The fourth-order valence-corrected chi connectivity index (χ4v) is 1.93. The number of carbonyl (C=O) groups is 3. The zero-order chi connectivity index (χ0) is 22.7. The summed E-state index contributed by atoms with van der Waals surface area (Å²) in [6.07, 6.45) is 0. The van der Waals surface area contributed by atoms with Crippen LogP contribution in [0.4, 0.5) is 0 Å². The molecule has 3 aromatic carbocycles. The minimum Gasteiger partial charge on any atom is -0.872 e. The van der Waals surface area contributed by atoms with Crippen LogP contribution in [0.5, 0.6) is 17.2 Å². The summed E-state index contributed by atoms with van der Waals surface area (Å²) >= 11 is 0. The number of hydrogen-bond acceptors (Lipinski definition) is 6. The molecule has 0 heterocycles. The zero-order valence-electron chi connectivity index (χ0n) is 16.9. The maximum atomic E-state index is 10.7. The van der Waals surface area contributed by atoms with Gasteiger partial charge in [-0.15, -0.1) is 0 Å². The quantitative estimate of drug-likeness (QED) is 0.362. The molecule has 3 rings (SSSR count). The summed E-state index contributed by atoms with van der Waals surface area (Å²) in [5, 5.41) is 57.1. The van der Waals surface area contributed by atoms with E-state index >= 15 is 0 Å². The second kappa shape index (κ2) is 16.4. The molecule has 0 radical (unpaired) electrons. The maximum absolute atomic E-state index is 10.7. The molecule has 0 spiro atoms. The Morgan fingerprint density at radius 1 is 0.500 bits per heavy atom. The third-order valence-corrected chi connectivity index (χ3v) is 3.35. The predicted octanol–water partition coefficient (Wildman–Crippen LogP) is -2.00. The van der Waals surface area contributed by atoms with Gasteiger partial charge in [0.25, 0.3) is 0 Å². The van der Waals surface area contributed by atoms with Gasteiger partial charge in [0.1, 0.15) is 0 Å². The van der Waals surface area contributed by atoms with Crippen LogP contribution < -0.4 is 44.9 Å². The van der Waals surface area contributed by atoms with Crippen molar-refractivity contribution in [3.8, 4) is 17.2 Å². The van der Waals surface area contributed by atoms with Gasteiger partial charge >= 0.3 is 85.2 Å². The summed E-state index contributed by atoms with van der Waals surface area (Å²) in [4.78, 5) is 30.7. The molecule has 0 bridgehead atoms. The van der Waals surface area contributed by atoms with E-state index in [1.807, 2.05) is 0 Å². The molecule has 0 aromatic heterocycles. The van der Waals surface area contributed by atoms with Crippen molar-refractivity contribution in [3.05, 3.63) is 89.5 Å². The number of hydrogen-bond donors (Lipinski definition) is 3. The van der Waals surface area contributed by atoms with E-state index in [1.54, 1.807) is 0 Å². The maximum Gasteiger partial charge on any atom is 2.00 e. The van der Waals surface area contributed by atoms with Gasteiger partial charge in [-0.2, -0.15) is 0 Å². The van der Waals surface area contributed by atoms with Gasteiger partial charge in [0, 0.05) is 0 Å². The Morgan fingerprint density at radius 2 is 0.688 bits per heavy atom. The number of aromatic carboxylic acids is 3. The molecule has 156 valence electrons. The monoisotopic (exact) mass is 474 g/mol. The van der Waals surface area contributed by atoms with Crippen molar-refractivity contribution in [3.63, 3.8) is 0 Å². The first-order valence-corrected chi connectivity index (χ1v) is 8.13. The normalized spacial score (nSPS) is 8.62. The van der Waals surface area contributed by atoms with E-state index in [0.717, 1.165) is 0 Å². The number of benzene rings is 3. The van der Waals surface area contributed by atoms with E-state index in [9.17, 15) is 29.7 Å². The molecular weight excluding hydrogens is 459 g/mol. The summed E-state index contributed by atoms with van der Waals surface area (Å²) in [6.45, 7) is 0. The van der Waals surface area contributed by atoms with Crippen molar-refractivity contribution in [1.82, 2.24) is 0 Å². The Labute approximate surface area is 234 Å². The molecule has 0 unspecified atom stereocenters. The average Bonchev–Trinajstić information content (AvgIpc) is 2.69. The van der Waals surface area contributed by atoms with Gasteiger partial charge in [0.05, 0.1) is 16.7 Å².